The van der Waals surface area contributed by atoms with Crippen LogP contribution in [0, 0.1) is 0 Å². The van der Waals surface area contributed by atoms with E-state index in [0.717, 1.165) is 5.56 Å². The van der Waals surface area contributed by atoms with Crippen LogP contribution >= 0.6 is 11.6 Å². The van der Waals surface area contributed by atoms with Crippen LogP contribution in [0.15, 0.2) is 23.1 Å². The van der Waals surface area contributed by atoms with E-state index >= 15 is 0 Å². The molecule has 0 fully saturated rings. The number of aliphatic carboxylic acids is 1. The van der Waals surface area contributed by atoms with Crippen LogP contribution in [-0.2, 0) is 23.3 Å². The summed E-state index contributed by atoms with van der Waals surface area (Å²) in [4.78, 5) is 27.7. The number of nitrogens with zero attached hydrogens (tertiary/aromatic N) is 4. The highest BCUT2D eigenvalue weighted by atomic mass is 35.5. The number of fused-ring (bicyclic) bond motifs is 1. The number of carboxylic acids is 1. The number of rotatable bonds is 3. The first-order valence-electron chi connectivity index (χ1n) is 6.45. The Morgan fingerprint density at radius 1 is 1.57 bits per heavy atom. The minimum Gasteiger partial charge on any atom is -0.479 e. The monoisotopic (exact) mass is 308 g/mol. The second-order valence-corrected chi connectivity index (χ2v) is 5.64. The molecule has 0 aromatic carbocycles. The fourth-order valence-electron chi connectivity index (χ4n) is 2.60. The normalized spacial score (nSPS) is 20.5. The fraction of sp³-hybridized carbons (Fsp3) is 0.385. The van der Waals surface area contributed by atoms with Gasteiger partial charge < -0.3 is 5.11 Å². The molecule has 0 saturated carbocycles. The lowest BCUT2D eigenvalue weighted by atomic mass is 10.00. The van der Waals surface area contributed by atoms with Crippen LogP contribution < -0.4 is 5.69 Å². The summed E-state index contributed by atoms with van der Waals surface area (Å²) < 4.78 is 2.54. The van der Waals surface area contributed by atoms with Gasteiger partial charge >= 0.3 is 11.7 Å². The maximum Gasteiger partial charge on any atom is 0.347 e. The molecule has 0 saturated heterocycles. The number of carbonyl (C=O) groups is 1. The zero-order valence-corrected chi connectivity index (χ0v) is 12.0. The number of halogens is 1. The lowest BCUT2D eigenvalue weighted by Gasteiger charge is -2.19. The maximum atomic E-state index is 12.4. The lowest BCUT2D eigenvalue weighted by Crippen LogP contribution is -2.43. The van der Waals surface area contributed by atoms with Gasteiger partial charge in [0.15, 0.2) is 0 Å². The first kappa shape index (κ1) is 13.8. The molecular weight excluding hydrogens is 296 g/mol. The van der Waals surface area contributed by atoms with Crippen molar-refractivity contribution in [2.45, 2.75) is 31.8 Å². The van der Waals surface area contributed by atoms with Gasteiger partial charge in [-0.2, -0.15) is 5.10 Å². The van der Waals surface area contributed by atoms with Crippen LogP contribution in [-0.4, -0.2) is 30.4 Å². The Morgan fingerprint density at radius 3 is 3.00 bits per heavy atom. The summed E-state index contributed by atoms with van der Waals surface area (Å²) in [6.45, 7) is 1.78. The molecule has 3 rings (SSSR count). The molecule has 1 aliphatic heterocycles. The quantitative estimate of drug-likeness (QED) is 0.850. The van der Waals surface area contributed by atoms with E-state index in [4.69, 9.17) is 11.6 Å². The summed E-state index contributed by atoms with van der Waals surface area (Å²) in [5, 5.41) is 13.9. The summed E-state index contributed by atoms with van der Waals surface area (Å²) in [6, 6.07) is 3.38. The van der Waals surface area contributed by atoms with Gasteiger partial charge in [-0.05, 0) is 31.0 Å². The van der Waals surface area contributed by atoms with Gasteiger partial charge in [-0.1, -0.05) is 11.6 Å². The minimum absolute atomic E-state index is 0.233. The Hall–Kier alpha value is -2.15. The molecule has 0 aliphatic carbocycles. The van der Waals surface area contributed by atoms with E-state index in [1.807, 2.05) is 0 Å². The van der Waals surface area contributed by atoms with E-state index in [0.29, 0.717) is 23.8 Å². The van der Waals surface area contributed by atoms with Gasteiger partial charge in [0.1, 0.15) is 16.5 Å². The number of carboxylic acid groups (broad SMARTS) is 1. The van der Waals surface area contributed by atoms with Crippen LogP contribution in [0.5, 0.6) is 0 Å². The van der Waals surface area contributed by atoms with Crippen LogP contribution in [0.25, 0.3) is 0 Å². The molecule has 1 atom stereocenters. The molecule has 7 nitrogen and oxygen atoms in total. The van der Waals surface area contributed by atoms with Gasteiger partial charge in [0, 0.05) is 12.6 Å². The fourth-order valence-corrected chi connectivity index (χ4v) is 2.79. The van der Waals surface area contributed by atoms with Crippen molar-refractivity contribution in [2.24, 2.45) is 0 Å². The predicted octanol–water partition coefficient (Wildman–Crippen LogP) is 0.887. The van der Waals surface area contributed by atoms with Crippen LogP contribution in [0.3, 0.4) is 0 Å². The summed E-state index contributed by atoms with van der Waals surface area (Å²) in [6.07, 6.45) is 2.40. The van der Waals surface area contributed by atoms with Gasteiger partial charge in [0.05, 0.1) is 6.54 Å². The Morgan fingerprint density at radius 2 is 2.33 bits per heavy atom. The van der Waals surface area contributed by atoms with Crippen molar-refractivity contribution in [3.63, 3.8) is 0 Å². The Kier molecular flexibility index (Phi) is 3.09. The molecule has 21 heavy (non-hydrogen) atoms. The van der Waals surface area contributed by atoms with Crippen LogP contribution in [0.4, 0.5) is 0 Å². The first-order chi connectivity index (χ1) is 9.91. The van der Waals surface area contributed by atoms with E-state index in [2.05, 4.69) is 10.1 Å². The van der Waals surface area contributed by atoms with Crippen molar-refractivity contribution in [3.8, 4) is 0 Å². The minimum atomic E-state index is -1.22. The predicted molar refractivity (Wildman–Crippen MR) is 74.4 cm³/mol. The highest BCUT2D eigenvalue weighted by molar-refractivity contribution is 6.29. The van der Waals surface area contributed by atoms with Crippen LogP contribution in [0.2, 0.25) is 5.15 Å². The molecule has 110 valence electrons. The largest absolute Gasteiger partial charge is 0.479 e. The van der Waals surface area contributed by atoms with Crippen molar-refractivity contribution in [1.29, 1.82) is 0 Å². The highest BCUT2D eigenvalue weighted by Crippen LogP contribution is 2.29. The smallest absolute Gasteiger partial charge is 0.347 e. The lowest BCUT2D eigenvalue weighted by molar-refractivity contribution is -0.146. The van der Waals surface area contributed by atoms with Crippen molar-refractivity contribution in [2.75, 3.05) is 0 Å². The third kappa shape index (κ3) is 2.13. The molecule has 0 radical (unpaired) electrons. The first-order valence-corrected chi connectivity index (χ1v) is 6.82. The number of hydrogen-bond donors (Lipinski definition) is 1. The SMILES string of the molecule is C[C@@]1(C(=O)O)CCc2nn(Cc3ccnc(Cl)c3)c(=O)n21. The summed E-state index contributed by atoms with van der Waals surface area (Å²) in [7, 11) is 0. The van der Waals surface area contributed by atoms with Crippen LogP contribution in [0.1, 0.15) is 24.7 Å². The molecule has 8 heteroatoms. The Bertz CT molecular complexity index is 782. The molecule has 0 unspecified atom stereocenters. The molecule has 0 bridgehead atoms. The summed E-state index contributed by atoms with van der Waals surface area (Å²) >= 11 is 5.81. The van der Waals surface area contributed by atoms with Crippen molar-refractivity contribution >= 4 is 17.6 Å². The topological polar surface area (TPSA) is 90.0 Å². The second kappa shape index (κ2) is 4.70. The number of aryl methyl sites for hydroxylation is 1. The number of pyridine rings is 1. The van der Waals surface area contributed by atoms with E-state index in [-0.39, 0.29) is 6.54 Å². The third-order valence-corrected chi connectivity index (χ3v) is 4.03. The Balaban J connectivity index is 2.01. The Labute approximate surface area is 124 Å². The highest BCUT2D eigenvalue weighted by Gasteiger charge is 2.44. The molecule has 1 aliphatic rings. The van der Waals surface area contributed by atoms with Gasteiger partial charge in [-0.15, -0.1) is 0 Å². The standard InChI is InChI=1S/C13H13ClN4O3/c1-13(11(19)20)4-2-10-16-17(12(21)18(10)13)7-8-3-5-15-9(14)6-8/h3,5-6H,2,4,7H2,1H3,(H,19,20)/t13-/m0/s1. The average Bonchev–Trinajstić information content (AvgIpc) is 2.91. The van der Waals surface area contributed by atoms with E-state index < -0.39 is 17.2 Å². The molecule has 2 aromatic heterocycles. The number of aromatic nitrogens is 4. The zero-order chi connectivity index (χ0) is 15.2. The van der Waals surface area contributed by atoms with Crippen molar-refractivity contribution in [3.05, 3.63) is 45.4 Å². The average molecular weight is 309 g/mol. The van der Waals surface area contributed by atoms with Gasteiger partial charge in [-0.25, -0.2) is 19.3 Å². The molecular formula is C13H13ClN4O3. The van der Waals surface area contributed by atoms with Crippen molar-refractivity contribution in [1.82, 2.24) is 19.3 Å². The molecule has 0 amide bonds. The van der Waals surface area contributed by atoms with Gasteiger partial charge in [-0.3, -0.25) is 4.57 Å². The molecule has 1 N–H and O–H groups in total. The third-order valence-electron chi connectivity index (χ3n) is 3.82. The van der Waals surface area contributed by atoms with Gasteiger partial charge in [0.2, 0.25) is 0 Å². The van der Waals surface area contributed by atoms with E-state index in [9.17, 15) is 14.7 Å². The zero-order valence-electron chi connectivity index (χ0n) is 11.3. The van der Waals surface area contributed by atoms with Crippen molar-refractivity contribution < 1.29 is 9.90 Å². The second-order valence-electron chi connectivity index (χ2n) is 5.26. The number of hydrogen-bond acceptors (Lipinski definition) is 4. The van der Waals surface area contributed by atoms with Gasteiger partial charge in [0.25, 0.3) is 0 Å². The van der Waals surface area contributed by atoms with E-state index in [1.54, 1.807) is 25.3 Å². The molecule has 0 spiro atoms. The van der Waals surface area contributed by atoms with E-state index in [1.165, 1.54) is 9.25 Å². The maximum absolute atomic E-state index is 12.4. The molecule has 3 heterocycles. The summed E-state index contributed by atoms with van der Waals surface area (Å²) in [5.74, 6) is -0.514. The summed E-state index contributed by atoms with van der Waals surface area (Å²) in [5.41, 5.74) is -0.855. The molecule has 2 aromatic rings.